The van der Waals surface area contributed by atoms with E-state index in [1.807, 2.05) is 0 Å². The fourth-order valence-corrected chi connectivity index (χ4v) is 3.08. The molecular weight excluding hydrogens is 180 g/mol. The highest BCUT2D eigenvalue weighted by Crippen LogP contribution is 2.26. The molecule has 2 nitrogen and oxygen atoms in total. The number of thioether (sulfide) groups is 1. The molecule has 0 radical (unpaired) electrons. The largest absolute Gasteiger partial charge is 0.312 e. The van der Waals surface area contributed by atoms with Gasteiger partial charge in [-0.2, -0.15) is 11.8 Å². The third-order valence-corrected chi connectivity index (χ3v) is 4.16. The Morgan fingerprint density at radius 3 is 2.92 bits per heavy atom. The van der Waals surface area contributed by atoms with Crippen molar-refractivity contribution in [3.05, 3.63) is 0 Å². The van der Waals surface area contributed by atoms with Crippen LogP contribution in [0.25, 0.3) is 0 Å². The Labute approximate surface area is 85.2 Å². The lowest BCUT2D eigenvalue weighted by Crippen LogP contribution is -2.49. The van der Waals surface area contributed by atoms with E-state index in [4.69, 9.17) is 0 Å². The molecule has 1 saturated carbocycles. The molecule has 0 bridgehead atoms. The number of hydrogen-bond acceptors (Lipinski definition) is 3. The van der Waals surface area contributed by atoms with Crippen molar-refractivity contribution in [3.8, 4) is 0 Å². The van der Waals surface area contributed by atoms with E-state index in [9.17, 15) is 0 Å². The summed E-state index contributed by atoms with van der Waals surface area (Å²) in [7, 11) is 0. The molecule has 0 aromatic heterocycles. The molecule has 1 atom stereocenters. The Bertz CT molecular complexity index is 151. The van der Waals surface area contributed by atoms with Crippen LogP contribution in [0.2, 0.25) is 0 Å². The average Bonchev–Trinajstić information content (AvgIpc) is 2.12. The van der Waals surface area contributed by atoms with E-state index in [2.05, 4.69) is 29.3 Å². The maximum atomic E-state index is 3.64. The molecule has 2 aliphatic rings. The molecule has 1 aliphatic carbocycles. The normalized spacial score (nSPS) is 39.9. The van der Waals surface area contributed by atoms with Crippen LogP contribution in [-0.2, 0) is 0 Å². The SMILES string of the molecule is CC1CC(NCC2CSCCN2)C1. The summed E-state index contributed by atoms with van der Waals surface area (Å²) in [5, 5.41) is 7.19. The van der Waals surface area contributed by atoms with Gasteiger partial charge < -0.3 is 10.6 Å². The van der Waals surface area contributed by atoms with Gasteiger partial charge in [0.25, 0.3) is 0 Å². The number of hydrogen-bond donors (Lipinski definition) is 2. The third-order valence-electron chi connectivity index (χ3n) is 3.03. The number of rotatable bonds is 3. The first-order chi connectivity index (χ1) is 6.34. The zero-order valence-corrected chi connectivity index (χ0v) is 9.20. The highest BCUT2D eigenvalue weighted by Gasteiger charge is 2.25. The van der Waals surface area contributed by atoms with Gasteiger partial charge in [0.1, 0.15) is 0 Å². The molecule has 0 aromatic rings. The van der Waals surface area contributed by atoms with Crippen molar-refractivity contribution in [2.24, 2.45) is 5.92 Å². The fraction of sp³-hybridized carbons (Fsp3) is 1.00. The van der Waals surface area contributed by atoms with Crippen LogP contribution in [0.15, 0.2) is 0 Å². The fourth-order valence-electron chi connectivity index (χ4n) is 2.13. The Balaban J connectivity index is 1.56. The van der Waals surface area contributed by atoms with E-state index in [1.54, 1.807) is 0 Å². The quantitative estimate of drug-likeness (QED) is 0.713. The first-order valence-electron chi connectivity index (χ1n) is 5.39. The van der Waals surface area contributed by atoms with Crippen LogP contribution in [0.4, 0.5) is 0 Å². The summed E-state index contributed by atoms with van der Waals surface area (Å²) in [4.78, 5) is 0. The molecule has 2 rings (SSSR count). The van der Waals surface area contributed by atoms with Gasteiger partial charge in [-0.25, -0.2) is 0 Å². The molecule has 1 saturated heterocycles. The lowest BCUT2D eigenvalue weighted by molar-refractivity contribution is 0.237. The second-order valence-electron chi connectivity index (χ2n) is 4.41. The van der Waals surface area contributed by atoms with E-state index in [1.165, 1.54) is 37.4 Å². The first kappa shape index (κ1) is 9.81. The van der Waals surface area contributed by atoms with Crippen molar-refractivity contribution in [2.45, 2.75) is 31.8 Å². The van der Waals surface area contributed by atoms with Crippen LogP contribution in [0.1, 0.15) is 19.8 Å². The first-order valence-corrected chi connectivity index (χ1v) is 6.54. The predicted molar refractivity (Wildman–Crippen MR) is 59.3 cm³/mol. The topological polar surface area (TPSA) is 24.1 Å². The molecule has 2 fully saturated rings. The minimum atomic E-state index is 0.717. The summed E-state index contributed by atoms with van der Waals surface area (Å²) in [6.07, 6.45) is 2.78. The summed E-state index contributed by atoms with van der Waals surface area (Å²) >= 11 is 2.08. The average molecular weight is 200 g/mol. The second kappa shape index (κ2) is 4.67. The summed E-state index contributed by atoms with van der Waals surface area (Å²) in [5.41, 5.74) is 0. The maximum absolute atomic E-state index is 3.64. The summed E-state index contributed by atoms with van der Waals surface area (Å²) in [6.45, 7) is 4.70. The van der Waals surface area contributed by atoms with Gasteiger partial charge in [0.15, 0.2) is 0 Å². The van der Waals surface area contributed by atoms with E-state index >= 15 is 0 Å². The van der Waals surface area contributed by atoms with E-state index < -0.39 is 0 Å². The zero-order chi connectivity index (χ0) is 9.10. The van der Waals surface area contributed by atoms with Crippen LogP contribution in [0, 0.1) is 5.92 Å². The minimum Gasteiger partial charge on any atom is -0.312 e. The van der Waals surface area contributed by atoms with Crippen LogP contribution < -0.4 is 10.6 Å². The van der Waals surface area contributed by atoms with Crippen molar-refractivity contribution in [3.63, 3.8) is 0 Å². The molecule has 0 amide bonds. The van der Waals surface area contributed by atoms with Gasteiger partial charge >= 0.3 is 0 Å². The van der Waals surface area contributed by atoms with E-state index in [0.29, 0.717) is 0 Å². The maximum Gasteiger partial charge on any atom is 0.0283 e. The molecule has 76 valence electrons. The van der Waals surface area contributed by atoms with Gasteiger partial charge in [0.05, 0.1) is 0 Å². The Hall–Kier alpha value is 0.270. The highest BCUT2D eigenvalue weighted by atomic mass is 32.2. The van der Waals surface area contributed by atoms with Gasteiger partial charge in [0.2, 0.25) is 0 Å². The Morgan fingerprint density at radius 1 is 1.46 bits per heavy atom. The molecule has 0 aromatic carbocycles. The molecule has 2 N–H and O–H groups in total. The van der Waals surface area contributed by atoms with Gasteiger partial charge in [-0.1, -0.05) is 6.92 Å². The monoisotopic (exact) mass is 200 g/mol. The van der Waals surface area contributed by atoms with Crippen LogP contribution >= 0.6 is 11.8 Å². The van der Waals surface area contributed by atoms with Gasteiger partial charge in [-0.3, -0.25) is 0 Å². The molecule has 1 heterocycles. The number of nitrogens with one attached hydrogen (secondary N) is 2. The van der Waals surface area contributed by atoms with Gasteiger partial charge in [-0.05, 0) is 18.8 Å². The van der Waals surface area contributed by atoms with Crippen LogP contribution in [-0.4, -0.2) is 36.7 Å². The molecule has 1 unspecified atom stereocenters. The van der Waals surface area contributed by atoms with Crippen molar-refractivity contribution >= 4 is 11.8 Å². The highest BCUT2D eigenvalue weighted by molar-refractivity contribution is 7.99. The summed E-state index contributed by atoms with van der Waals surface area (Å²) in [6, 6.07) is 1.54. The Kier molecular flexibility index (Phi) is 3.52. The Morgan fingerprint density at radius 2 is 2.31 bits per heavy atom. The zero-order valence-electron chi connectivity index (χ0n) is 8.38. The van der Waals surface area contributed by atoms with E-state index in [-0.39, 0.29) is 0 Å². The molecule has 0 spiro atoms. The van der Waals surface area contributed by atoms with Gasteiger partial charge in [-0.15, -0.1) is 0 Å². The van der Waals surface area contributed by atoms with E-state index in [0.717, 1.165) is 18.0 Å². The van der Waals surface area contributed by atoms with Crippen molar-refractivity contribution in [2.75, 3.05) is 24.6 Å². The van der Waals surface area contributed by atoms with Crippen molar-refractivity contribution in [1.29, 1.82) is 0 Å². The van der Waals surface area contributed by atoms with Crippen molar-refractivity contribution < 1.29 is 0 Å². The molecule has 1 aliphatic heterocycles. The summed E-state index contributed by atoms with van der Waals surface area (Å²) < 4.78 is 0. The van der Waals surface area contributed by atoms with Crippen molar-refractivity contribution in [1.82, 2.24) is 10.6 Å². The molecule has 13 heavy (non-hydrogen) atoms. The molecule has 3 heteroatoms. The summed E-state index contributed by atoms with van der Waals surface area (Å²) in [5.74, 6) is 3.54. The van der Waals surface area contributed by atoms with Crippen LogP contribution in [0.3, 0.4) is 0 Å². The standard InChI is InChI=1S/C10H20N2S/c1-8-4-9(5-8)12-6-10-7-13-3-2-11-10/h8-12H,2-7H2,1H3. The van der Waals surface area contributed by atoms with Crippen LogP contribution in [0.5, 0.6) is 0 Å². The lowest BCUT2D eigenvalue weighted by Gasteiger charge is -2.35. The lowest BCUT2D eigenvalue weighted by atomic mass is 9.82. The molecular formula is C10H20N2S. The minimum absolute atomic E-state index is 0.717. The second-order valence-corrected chi connectivity index (χ2v) is 5.56. The smallest absolute Gasteiger partial charge is 0.0283 e. The predicted octanol–water partition coefficient (Wildman–Crippen LogP) is 1.08. The van der Waals surface area contributed by atoms with Gasteiger partial charge in [0, 0.05) is 36.7 Å². The third kappa shape index (κ3) is 2.86.